The first-order valence-electron chi connectivity index (χ1n) is 33.5. The first kappa shape index (κ1) is 77.0. The maximum Gasteiger partial charge on any atom is 0.306 e. The molecule has 0 aliphatic heterocycles. The third kappa shape index (κ3) is 65.8. The van der Waals surface area contributed by atoms with Crippen LogP contribution in [0.4, 0.5) is 0 Å². The molecule has 462 valence electrons. The summed E-state index contributed by atoms with van der Waals surface area (Å²) in [5, 5.41) is 0. The molecular weight excluding hydrogens is 1010 g/mol. The number of esters is 3. The highest BCUT2D eigenvalue weighted by Gasteiger charge is 2.19. The topological polar surface area (TPSA) is 78.9 Å². The van der Waals surface area contributed by atoms with Crippen LogP contribution in [0, 0.1) is 0 Å². The molecule has 6 heteroatoms. The van der Waals surface area contributed by atoms with Crippen molar-refractivity contribution < 1.29 is 28.6 Å². The summed E-state index contributed by atoms with van der Waals surface area (Å²) in [4.78, 5) is 38.4. The van der Waals surface area contributed by atoms with Gasteiger partial charge in [-0.05, 0) is 141 Å². The number of carbonyl (C=O) groups excluding carboxylic acids is 3. The van der Waals surface area contributed by atoms with E-state index in [2.05, 4.69) is 179 Å². The van der Waals surface area contributed by atoms with Gasteiger partial charge in [0.15, 0.2) is 6.10 Å². The lowest BCUT2D eigenvalue weighted by molar-refractivity contribution is -0.167. The molecule has 0 aliphatic rings. The molecule has 0 aromatic carbocycles. The third-order valence-corrected chi connectivity index (χ3v) is 13.7. The fourth-order valence-corrected chi connectivity index (χ4v) is 8.81. The van der Waals surface area contributed by atoms with E-state index in [1.54, 1.807) is 0 Å². The molecule has 0 amide bonds. The second-order valence-electron chi connectivity index (χ2n) is 21.6. The predicted molar refractivity (Wildman–Crippen MR) is 357 cm³/mol. The Morgan fingerprint density at radius 3 is 0.805 bits per heavy atom. The van der Waals surface area contributed by atoms with Gasteiger partial charge >= 0.3 is 17.9 Å². The zero-order valence-electron chi connectivity index (χ0n) is 52.9. The molecule has 0 rings (SSSR count). The highest BCUT2D eigenvalue weighted by molar-refractivity contribution is 5.71. The van der Waals surface area contributed by atoms with Gasteiger partial charge in [-0.15, -0.1) is 0 Å². The second-order valence-corrected chi connectivity index (χ2v) is 21.6. The molecule has 0 aromatic heterocycles. The fourth-order valence-electron chi connectivity index (χ4n) is 8.81. The number of hydrogen-bond acceptors (Lipinski definition) is 6. The summed E-state index contributed by atoms with van der Waals surface area (Å²) in [5.74, 6) is -0.983. The van der Waals surface area contributed by atoms with Crippen molar-refractivity contribution in [1.29, 1.82) is 0 Å². The van der Waals surface area contributed by atoms with Gasteiger partial charge in [0.2, 0.25) is 0 Å². The number of allylic oxidation sites excluding steroid dienone is 26. The van der Waals surface area contributed by atoms with Gasteiger partial charge in [-0.3, -0.25) is 14.4 Å². The quantitative estimate of drug-likeness (QED) is 0.0261. The molecule has 0 aromatic rings. The number of carbonyl (C=O) groups is 3. The van der Waals surface area contributed by atoms with Gasteiger partial charge in [0.05, 0.1) is 0 Å². The molecule has 0 N–H and O–H groups in total. The van der Waals surface area contributed by atoms with Gasteiger partial charge in [-0.25, -0.2) is 0 Å². The van der Waals surface area contributed by atoms with E-state index >= 15 is 0 Å². The van der Waals surface area contributed by atoms with Crippen LogP contribution in [0.15, 0.2) is 158 Å². The van der Waals surface area contributed by atoms with Gasteiger partial charge in [0, 0.05) is 19.3 Å². The summed E-state index contributed by atoms with van der Waals surface area (Å²) in [6.07, 6.45) is 99.7. The molecule has 0 aliphatic carbocycles. The van der Waals surface area contributed by atoms with Crippen molar-refractivity contribution >= 4 is 17.9 Å². The summed E-state index contributed by atoms with van der Waals surface area (Å²) < 4.78 is 16.9. The lowest BCUT2D eigenvalue weighted by Crippen LogP contribution is -2.30. The van der Waals surface area contributed by atoms with Crippen LogP contribution in [0.3, 0.4) is 0 Å². The van der Waals surface area contributed by atoms with Crippen molar-refractivity contribution in [1.82, 2.24) is 0 Å². The van der Waals surface area contributed by atoms with E-state index in [1.165, 1.54) is 109 Å². The highest BCUT2D eigenvalue weighted by atomic mass is 16.6. The van der Waals surface area contributed by atoms with Gasteiger partial charge in [-0.1, -0.05) is 281 Å². The van der Waals surface area contributed by atoms with Crippen LogP contribution in [0.25, 0.3) is 0 Å². The molecule has 0 fully saturated rings. The first-order valence-corrected chi connectivity index (χ1v) is 33.5. The van der Waals surface area contributed by atoms with E-state index in [4.69, 9.17) is 14.2 Å². The van der Waals surface area contributed by atoms with Crippen molar-refractivity contribution in [2.24, 2.45) is 0 Å². The molecule has 0 radical (unpaired) electrons. The fraction of sp³-hybridized carbons (Fsp3) is 0.618. The molecule has 0 saturated heterocycles. The standard InChI is InChI=1S/C76H122O6/c1-4-7-10-13-16-19-22-25-28-31-33-34-35-36-37-38-39-40-41-42-43-46-48-51-54-57-60-63-66-69-75(78)81-72-73(71-80-74(77)68-65-62-59-56-53-50-47-44-30-27-24-21-18-15-12-9-6-3)82-76(79)70-67-64-61-58-55-52-49-45-32-29-26-23-20-17-14-11-8-5-2/h7,9-10,12,16,18-19,21,25,27-30,32-34,36-37,39-40,42-43,47,50,56,59,73H,4-6,8,11,13-15,17,20,22-24,26,31,35,38,41,44-46,48-49,51-55,57-58,60-72H2,1-3H3/b10-7-,12-9-,19-16-,21-18-,28-25-,30-27-,32-29-,34-33-,37-36-,40-39-,43-42-,50-47-,59-56-. The van der Waals surface area contributed by atoms with Crippen molar-refractivity contribution in [2.45, 2.75) is 290 Å². The summed E-state index contributed by atoms with van der Waals surface area (Å²) in [7, 11) is 0. The Kier molecular flexibility index (Phi) is 64.4. The third-order valence-electron chi connectivity index (χ3n) is 13.7. The Balaban J connectivity index is 4.45. The van der Waals surface area contributed by atoms with E-state index in [-0.39, 0.29) is 37.5 Å². The van der Waals surface area contributed by atoms with Crippen molar-refractivity contribution in [3.63, 3.8) is 0 Å². The SMILES string of the molecule is CC/C=C\C/C=C\C/C=C\C/C=C\C/C=C\C/C=C\C/C=C\CCCCCCCCCC(=O)OCC(COC(=O)CCC/C=C\C/C=C\C/C=C\C/C=C\C/C=C\CC)OC(=O)CCCCCCCCC/C=C\CCCCCCCCC. The normalized spacial score (nSPS) is 13.2. The van der Waals surface area contributed by atoms with Gasteiger partial charge in [0.1, 0.15) is 13.2 Å². The zero-order valence-corrected chi connectivity index (χ0v) is 52.9. The minimum atomic E-state index is -0.817. The van der Waals surface area contributed by atoms with Crippen molar-refractivity contribution in [2.75, 3.05) is 13.2 Å². The smallest absolute Gasteiger partial charge is 0.306 e. The van der Waals surface area contributed by atoms with E-state index in [0.29, 0.717) is 19.3 Å². The number of hydrogen-bond donors (Lipinski definition) is 0. The highest BCUT2D eigenvalue weighted by Crippen LogP contribution is 2.15. The summed E-state index contributed by atoms with van der Waals surface area (Å²) >= 11 is 0. The molecule has 1 unspecified atom stereocenters. The Bertz CT molecular complexity index is 1830. The average Bonchev–Trinajstić information content (AvgIpc) is 3.47. The molecule has 1 atom stereocenters. The largest absolute Gasteiger partial charge is 0.462 e. The number of rotatable bonds is 59. The summed E-state index contributed by atoms with van der Waals surface area (Å²) in [6.45, 7) is 6.36. The molecule has 0 bridgehead atoms. The molecular formula is C76H122O6. The number of ether oxygens (including phenoxy) is 3. The molecule has 6 nitrogen and oxygen atoms in total. The van der Waals surface area contributed by atoms with E-state index < -0.39 is 6.10 Å². The van der Waals surface area contributed by atoms with E-state index in [0.717, 1.165) is 128 Å². The maximum atomic E-state index is 12.9. The molecule has 0 saturated carbocycles. The molecule has 82 heavy (non-hydrogen) atoms. The average molecular weight is 1130 g/mol. The maximum absolute atomic E-state index is 12.9. The van der Waals surface area contributed by atoms with Gasteiger partial charge < -0.3 is 14.2 Å². The van der Waals surface area contributed by atoms with Crippen LogP contribution in [0.2, 0.25) is 0 Å². The van der Waals surface area contributed by atoms with Crippen LogP contribution >= 0.6 is 0 Å². The van der Waals surface area contributed by atoms with Gasteiger partial charge in [0.25, 0.3) is 0 Å². The van der Waals surface area contributed by atoms with Crippen LogP contribution in [-0.2, 0) is 28.6 Å². The molecule has 0 spiro atoms. The van der Waals surface area contributed by atoms with Crippen LogP contribution < -0.4 is 0 Å². The Hall–Kier alpha value is -4.97. The first-order chi connectivity index (χ1) is 40.5. The monoisotopic (exact) mass is 1130 g/mol. The predicted octanol–water partition coefficient (Wildman–Crippen LogP) is 23.3. The minimum Gasteiger partial charge on any atom is -0.462 e. The Morgan fingerprint density at radius 2 is 0.488 bits per heavy atom. The minimum absolute atomic E-state index is 0.109. The van der Waals surface area contributed by atoms with E-state index in [9.17, 15) is 14.4 Å². The zero-order chi connectivity index (χ0) is 59.2. The lowest BCUT2D eigenvalue weighted by atomic mass is 10.1. The number of unbranched alkanes of at least 4 members (excludes halogenated alkanes) is 22. The van der Waals surface area contributed by atoms with E-state index in [1.807, 2.05) is 0 Å². The summed E-state index contributed by atoms with van der Waals surface area (Å²) in [6, 6.07) is 0. The van der Waals surface area contributed by atoms with Crippen LogP contribution in [-0.4, -0.2) is 37.2 Å². The Morgan fingerprint density at radius 1 is 0.256 bits per heavy atom. The summed E-state index contributed by atoms with van der Waals surface area (Å²) in [5.41, 5.74) is 0. The van der Waals surface area contributed by atoms with Gasteiger partial charge in [-0.2, -0.15) is 0 Å². The van der Waals surface area contributed by atoms with Crippen molar-refractivity contribution in [3.05, 3.63) is 158 Å². The second kappa shape index (κ2) is 68.5. The lowest BCUT2D eigenvalue weighted by Gasteiger charge is -2.18. The van der Waals surface area contributed by atoms with Crippen molar-refractivity contribution in [3.8, 4) is 0 Å². The molecule has 0 heterocycles. The van der Waals surface area contributed by atoms with Crippen LogP contribution in [0.1, 0.15) is 284 Å². The van der Waals surface area contributed by atoms with Crippen LogP contribution in [0.5, 0.6) is 0 Å². The Labute approximate surface area is 505 Å².